The Balaban J connectivity index is 1.34. The molecule has 0 spiro atoms. The first kappa shape index (κ1) is 16.4. The zero-order valence-corrected chi connectivity index (χ0v) is 15.0. The zero-order chi connectivity index (χ0) is 16.2. The summed E-state index contributed by atoms with van der Waals surface area (Å²) in [6.45, 7) is 7.14. The van der Waals surface area contributed by atoms with Crippen molar-refractivity contribution >= 4 is 0 Å². The number of fused-ring (bicyclic) bond motifs is 3. The van der Waals surface area contributed by atoms with Crippen LogP contribution < -0.4 is 4.74 Å². The standard InChI is InChI=1S/C21H32N2O/c1-3-12-22(13-4-1)14-7-17-24-21-10-6-8-18-19(21)11-16-23-15-5-2-9-20(18)23/h6,8,10,20H,1-5,7,9,11-17H2/t20-/m0/s1. The fourth-order valence-electron chi connectivity index (χ4n) is 4.82. The molecule has 1 aromatic carbocycles. The molecule has 24 heavy (non-hydrogen) atoms. The van der Waals surface area contributed by atoms with Crippen molar-refractivity contribution < 1.29 is 4.74 Å². The Morgan fingerprint density at radius 2 is 1.83 bits per heavy atom. The number of likely N-dealkylation sites (tertiary alicyclic amines) is 1. The number of benzene rings is 1. The normalized spacial score (nSPS) is 25.1. The third-order valence-electron chi connectivity index (χ3n) is 6.12. The molecule has 3 heterocycles. The van der Waals surface area contributed by atoms with Gasteiger partial charge in [0.05, 0.1) is 6.61 Å². The van der Waals surface area contributed by atoms with Gasteiger partial charge in [-0.2, -0.15) is 0 Å². The van der Waals surface area contributed by atoms with Crippen molar-refractivity contribution in [2.45, 2.75) is 57.4 Å². The summed E-state index contributed by atoms with van der Waals surface area (Å²) in [6.07, 6.45) is 10.6. The predicted octanol–water partition coefficient (Wildman–Crippen LogP) is 4.02. The first-order valence-electron chi connectivity index (χ1n) is 10.1. The highest BCUT2D eigenvalue weighted by Crippen LogP contribution is 2.39. The van der Waals surface area contributed by atoms with Gasteiger partial charge in [-0.15, -0.1) is 0 Å². The minimum atomic E-state index is 0.652. The molecule has 0 unspecified atom stereocenters. The molecule has 0 radical (unpaired) electrons. The van der Waals surface area contributed by atoms with Gasteiger partial charge in [0.25, 0.3) is 0 Å². The summed E-state index contributed by atoms with van der Waals surface area (Å²) in [6, 6.07) is 7.40. The van der Waals surface area contributed by atoms with E-state index in [0.717, 1.165) is 25.2 Å². The Kier molecular flexibility index (Phi) is 5.39. The lowest BCUT2D eigenvalue weighted by molar-refractivity contribution is 0.136. The Morgan fingerprint density at radius 3 is 2.75 bits per heavy atom. The third-order valence-corrected chi connectivity index (χ3v) is 6.12. The molecule has 0 saturated carbocycles. The van der Waals surface area contributed by atoms with Crippen molar-refractivity contribution in [3.8, 4) is 5.75 Å². The fraction of sp³-hybridized carbons (Fsp3) is 0.714. The lowest BCUT2D eigenvalue weighted by Crippen LogP contribution is -2.38. The van der Waals surface area contributed by atoms with Gasteiger partial charge in [0, 0.05) is 24.7 Å². The highest BCUT2D eigenvalue weighted by atomic mass is 16.5. The lowest BCUT2D eigenvalue weighted by atomic mass is 9.86. The average molecular weight is 329 g/mol. The van der Waals surface area contributed by atoms with Crippen LogP contribution >= 0.6 is 0 Å². The lowest BCUT2D eigenvalue weighted by Gasteiger charge is -2.41. The Bertz CT molecular complexity index is 539. The van der Waals surface area contributed by atoms with Gasteiger partial charge in [-0.25, -0.2) is 0 Å². The zero-order valence-electron chi connectivity index (χ0n) is 15.0. The fourth-order valence-corrected chi connectivity index (χ4v) is 4.82. The van der Waals surface area contributed by atoms with E-state index < -0.39 is 0 Å². The van der Waals surface area contributed by atoms with Crippen molar-refractivity contribution in [3.05, 3.63) is 29.3 Å². The topological polar surface area (TPSA) is 15.7 Å². The molecule has 3 aliphatic heterocycles. The van der Waals surface area contributed by atoms with Gasteiger partial charge >= 0.3 is 0 Å². The van der Waals surface area contributed by atoms with Crippen molar-refractivity contribution in [1.82, 2.24) is 9.80 Å². The van der Waals surface area contributed by atoms with Gasteiger partial charge < -0.3 is 9.64 Å². The molecule has 0 aromatic heterocycles. The summed E-state index contributed by atoms with van der Waals surface area (Å²) in [5, 5.41) is 0. The predicted molar refractivity (Wildman–Crippen MR) is 98.7 cm³/mol. The second-order valence-corrected chi connectivity index (χ2v) is 7.73. The summed E-state index contributed by atoms with van der Waals surface area (Å²) >= 11 is 0. The van der Waals surface area contributed by atoms with E-state index in [4.69, 9.17) is 4.74 Å². The van der Waals surface area contributed by atoms with Crippen molar-refractivity contribution in [2.24, 2.45) is 0 Å². The monoisotopic (exact) mass is 328 g/mol. The molecule has 0 bridgehead atoms. The molecular formula is C21H32N2O. The highest BCUT2D eigenvalue weighted by molar-refractivity contribution is 5.43. The summed E-state index contributed by atoms with van der Waals surface area (Å²) in [5.41, 5.74) is 3.05. The van der Waals surface area contributed by atoms with Crippen LogP contribution in [0.3, 0.4) is 0 Å². The number of piperidine rings is 2. The molecule has 3 heteroatoms. The van der Waals surface area contributed by atoms with Crippen molar-refractivity contribution in [2.75, 3.05) is 39.3 Å². The number of hydrogen-bond donors (Lipinski definition) is 0. The molecule has 0 N–H and O–H groups in total. The molecule has 3 nitrogen and oxygen atoms in total. The van der Waals surface area contributed by atoms with Gasteiger partial charge in [-0.1, -0.05) is 25.0 Å². The summed E-state index contributed by atoms with van der Waals surface area (Å²) in [5.74, 6) is 1.16. The Morgan fingerprint density at radius 1 is 0.958 bits per heavy atom. The SMILES string of the molecule is c1cc(OCCCN2CCCCC2)c2c(c1)[C@@H]1CCCCN1CC2. The molecule has 1 aromatic rings. The van der Waals surface area contributed by atoms with Gasteiger partial charge in [-0.05, 0) is 69.8 Å². The molecule has 3 aliphatic rings. The van der Waals surface area contributed by atoms with E-state index in [1.54, 1.807) is 5.56 Å². The van der Waals surface area contributed by atoms with Gasteiger partial charge in [0.1, 0.15) is 5.75 Å². The maximum atomic E-state index is 6.23. The Hall–Kier alpha value is -1.06. The number of hydrogen-bond acceptors (Lipinski definition) is 3. The van der Waals surface area contributed by atoms with Crippen LogP contribution in [0.25, 0.3) is 0 Å². The average Bonchev–Trinajstić information content (AvgIpc) is 2.66. The first-order chi connectivity index (χ1) is 11.9. The van der Waals surface area contributed by atoms with Crippen LogP contribution in [0, 0.1) is 0 Å². The summed E-state index contributed by atoms with van der Waals surface area (Å²) in [7, 11) is 0. The van der Waals surface area contributed by atoms with E-state index in [1.165, 1.54) is 76.8 Å². The Labute approximate surface area is 147 Å². The molecule has 2 fully saturated rings. The van der Waals surface area contributed by atoms with Crippen LogP contribution in [0.15, 0.2) is 18.2 Å². The number of rotatable bonds is 5. The second-order valence-electron chi connectivity index (χ2n) is 7.73. The summed E-state index contributed by atoms with van der Waals surface area (Å²) in [4.78, 5) is 5.29. The minimum Gasteiger partial charge on any atom is -0.493 e. The minimum absolute atomic E-state index is 0.652. The summed E-state index contributed by atoms with van der Waals surface area (Å²) < 4.78 is 6.23. The van der Waals surface area contributed by atoms with Gasteiger partial charge in [-0.3, -0.25) is 4.90 Å². The molecular weight excluding hydrogens is 296 g/mol. The smallest absolute Gasteiger partial charge is 0.122 e. The van der Waals surface area contributed by atoms with E-state index in [1.807, 2.05) is 0 Å². The van der Waals surface area contributed by atoms with E-state index >= 15 is 0 Å². The van der Waals surface area contributed by atoms with E-state index in [0.29, 0.717) is 6.04 Å². The van der Waals surface area contributed by atoms with E-state index in [9.17, 15) is 0 Å². The van der Waals surface area contributed by atoms with Crippen LogP contribution in [0.1, 0.15) is 62.1 Å². The van der Waals surface area contributed by atoms with Crippen LogP contribution in [-0.4, -0.2) is 49.1 Å². The van der Waals surface area contributed by atoms with E-state index in [2.05, 4.69) is 28.0 Å². The maximum Gasteiger partial charge on any atom is 0.122 e. The molecule has 0 aliphatic carbocycles. The number of ether oxygens (including phenoxy) is 1. The van der Waals surface area contributed by atoms with Crippen LogP contribution in [0.4, 0.5) is 0 Å². The maximum absolute atomic E-state index is 6.23. The van der Waals surface area contributed by atoms with Crippen LogP contribution in [-0.2, 0) is 6.42 Å². The quantitative estimate of drug-likeness (QED) is 0.759. The largest absolute Gasteiger partial charge is 0.493 e. The van der Waals surface area contributed by atoms with Crippen LogP contribution in [0.2, 0.25) is 0 Å². The third kappa shape index (κ3) is 3.62. The highest BCUT2D eigenvalue weighted by Gasteiger charge is 2.30. The first-order valence-corrected chi connectivity index (χ1v) is 10.1. The molecule has 2 saturated heterocycles. The molecule has 132 valence electrons. The van der Waals surface area contributed by atoms with E-state index in [-0.39, 0.29) is 0 Å². The van der Waals surface area contributed by atoms with Gasteiger partial charge in [0.15, 0.2) is 0 Å². The second kappa shape index (κ2) is 7.88. The van der Waals surface area contributed by atoms with Crippen molar-refractivity contribution in [3.63, 3.8) is 0 Å². The molecule has 4 rings (SSSR count). The molecule has 1 atom stereocenters. The van der Waals surface area contributed by atoms with Crippen molar-refractivity contribution in [1.29, 1.82) is 0 Å². The molecule has 0 amide bonds. The number of nitrogens with zero attached hydrogens (tertiary/aromatic N) is 2. The van der Waals surface area contributed by atoms with Crippen LogP contribution in [0.5, 0.6) is 5.75 Å². The van der Waals surface area contributed by atoms with Gasteiger partial charge in [0.2, 0.25) is 0 Å².